The van der Waals surface area contributed by atoms with E-state index in [2.05, 4.69) is 23.1 Å². The number of Topliss-reactive ketones (excluding diaryl/α,β-unsaturated/α-hetero) is 1. The predicted octanol–water partition coefficient (Wildman–Crippen LogP) is 4.15. The summed E-state index contributed by atoms with van der Waals surface area (Å²) in [4.78, 5) is 24.3. The number of hydrogen-bond donors (Lipinski definition) is 3. The number of carbonyl (C=O) groups excluding carboxylic acids is 2. The molecule has 0 aromatic heterocycles. The van der Waals surface area contributed by atoms with Gasteiger partial charge >= 0.3 is 0 Å². The number of ketones is 1. The number of amides is 1. The number of hydrazine groups is 1. The number of anilines is 1. The number of benzene rings is 2. The van der Waals surface area contributed by atoms with Crippen LogP contribution in [0.3, 0.4) is 0 Å². The van der Waals surface area contributed by atoms with Crippen molar-refractivity contribution in [3.05, 3.63) is 64.2 Å². The molecule has 6 heteroatoms. The second-order valence-electron chi connectivity index (χ2n) is 6.81. The summed E-state index contributed by atoms with van der Waals surface area (Å²) in [6, 6.07) is 11.6. The van der Waals surface area contributed by atoms with E-state index in [-0.39, 0.29) is 24.5 Å². The average molecular weight is 398 g/mol. The first-order chi connectivity index (χ1) is 13.3. The van der Waals surface area contributed by atoms with Crippen LogP contribution < -0.4 is 16.2 Å². The Morgan fingerprint density at radius 3 is 2.36 bits per heavy atom. The Morgan fingerprint density at radius 2 is 1.68 bits per heavy atom. The van der Waals surface area contributed by atoms with Crippen LogP contribution in [0.25, 0.3) is 0 Å². The number of aryl methyl sites for hydroxylation is 4. The predicted molar refractivity (Wildman–Crippen MR) is 118 cm³/mol. The average Bonchev–Trinajstić information content (AvgIpc) is 2.68. The van der Waals surface area contributed by atoms with Crippen molar-refractivity contribution in [3.63, 3.8) is 0 Å². The third kappa shape index (κ3) is 5.89. The van der Waals surface area contributed by atoms with Crippen molar-refractivity contribution in [1.29, 1.82) is 0 Å². The Labute approximate surface area is 171 Å². The molecule has 28 heavy (non-hydrogen) atoms. The maximum absolute atomic E-state index is 12.3. The first-order valence-electron chi connectivity index (χ1n) is 9.36. The summed E-state index contributed by atoms with van der Waals surface area (Å²) in [5.41, 5.74) is 11.2. The van der Waals surface area contributed by atoms with E-state index in [9.17, 15) is 9.59 Å². The van der Waals surface area contributed by atoms with Gasteiger partial charge in [-0.25, -0.2) is 0 Å². The van der Waals surface area contributed by atoms with Gasteiger partial charge in [-0.15, -0.1) is 0 Å². The van der Waals surface area contributed by atoms with Crippen molar-refractivity contribution in [1.82, 2.24) is 10.9 Å². The van der Waals surface area contributed by atoms with Crippen molar-refractivity contribution >= 4 is 34.7 Å². The largest absolute Gasteiger partial charge is 0.331 e. The second kappa shape index (κ2) is 9.99. The van der Waals surface area contributed by atoms with Gasteiger partial charge in [0.1, 0.15) is 0 Å². The fraction of sp³-hybridized carbons (Fsp3) is 0.318. The Bertz CT molecular complexity index is 893. The molecule has 2 aromatic carbocycles. The van der Waals surface area contributed by atoms with Crippen LogP contribution in [-0.4, -0.2) is 16.8 Å². The molecule has 0 atom stereocenters. The van der Waals surface area contributed by atoms with Crippen LogP contribution in [0.15, 0.2) is 36.4 Å². The molecule has 0 heterocycles. The van der Waals surface area contributed by atoms with E-state index >= 15 is 0 Å². The summed E-state index contributed by atoms with van der Waals surface area (Å²) in [7, 11) is 0. The molecule has 3 N–H and O–H groups in total. The molecule has 148 valence electrons. The summed E-state index contributed by atoms with van der Waals surface area (Å²) in [5.74, 6) is -0.340. The Kier molecular flexibility index (Phi) is 7.70. The van der Waals surface area contributed by atoms with Crippen molar-refractivity contribution in [2.75, 3.05) is 5.32 Å². The van der Waals surface area contributed by atoms with Crippen LogP contribution in [0.2, 0.25) is 0 Å². The molecule has 2 aromatic rings. The van der Waals surface area contributed by atoms with Gasteiger partial charge in [-0.05, 0) is 67.7 Å². The lowest BCUT2D eigenvalue weighted by atomic mass is 10.0. The molecular formula is C22H27N3O2S. The number of carbonyl (C=O) groups is 2. The highest BCUT2D eigenvalue weighted by Crippen LogP contribution is 2.20. The van der Waals surface area contributed by atoms with Gasteiger partial charge in [-0.3, -0.25) is 20.4 Å². The molecule has 0 aliphatic carbocycles. The van der Waals surface area contributed by atoms with E-state index in [1.165, 1.54) is 0 Å². The zero-order valence-corrected chi connectivity index (χ0v) is 17.6. The molecular weight excluding hydrogens is 370 g/mol. The third-order valence-electron chi connectivity index (χ3n) is 4.70. The van der Waals surface area contributed by atoms with E-state index in [4.69, 9.17) is 12.2 Å². The number of rotatable bonds is 6. The van der Waals surface area contributed by atoms with E-state index in [1.807, 2.05) is 51.1 Å². The first kappa shape index (κ1) is 21.6. The van der Waals surface area contributed by atoms with Gasteiger partial charge in [0.2, 0.25) is 5.91 Å². The maximum atomic E-state index is 12.3. The maximum Gasteiger partial charge on any atom is 0.238 e. The van der Waals surface area contributed by atoms with Crippen molar-refractivity contribution in [3.8, 4) is 0 Å². The zero-order valence-electron chi connectivity index (χ0n) is 16.8. The van der Waals surface area contributed by atoms with E-state index in [0.29, 0.717) is 10.7 Å². The van der Waals surface area contributed by atoms with Gasteiger partial charge in [-0.1, -0.05) is 37.3 Å². The monoisotopic (exact) mass is 397 g/mol. The zero-order chi connectivity index (χ0) is 20.7. The summed E-state index contributed by atoms with van der Waals surface area (Å²) >= 11 is 5.26. The minimum atomic E-state index is -0.290. The summed E-state index contributed by atoms with van der Waals surface area (Å²) in [6.45, 7) is 8.04. The van der Waals surface area contributed by atoms with Crippen LogP contribution in [0.4, 0.5) is 5.69 Å². The Hall–Kier alpha value is -2.73. The Balaban J connectivity index is 1.81. The topological polar surface area (TPSA) is 70.2 Å². The highest BCUT2D eigenvalue weighted by Gasteiger charge is 2.11. The molecule has 0 aliphatic heterocycles. The van der Waals surface area contributed by atoms with Crippen LogP contribution >= 0.6 is 12.2 Å². The fourth-order valence-corrected chi connectivity index (χ4v) is 2.98. The van der Waals surface area contributed by atoms with Gasteiger partial charge < -0.3 is 5.32 Å². The van der Waals surface area contributed by atoms with Gasteiger partial charge in [0, 0.05) is 24.1 Å². The highest BCUT2D eigenvalue weighted by molar-refractivity contribution is 7.80. The van der Waals surface area contributed by atoms with Crippen molar-refractivity contribution < 1.29 is 9.59 Å². The quantitative estimate of drug-likeness (QED) is 0.388. The molecule has 5 nitrogen and oxygen atoms in total. The molecule has 0 fully saturated rings. The molecule has 0 spiro atoms. The van der Waals surface area contributed by atoms with Gasteiger partial charge in [0.25, 0.3) is 0 Å². The van der Waals surface area contributed by atoms with Crippen LogP contribution in [0.5, 0.6) is 0 Å². The normalized spacial score (nSPS) is 10.3. The molecule has 0 saturated carbocycles. The lowest BCUT2D eigenvalue weighted by Gasteiger charge is -2.16. The minimum Gasteiger partial charge on any atom is -0.331 e. The summed E-state index contributed by atoms with van der Waals surface area (Å²) < 4.78 is 0. The van der Waals surface area contributed by atoms with Crippen LogP contribution in [0, 0.1) is 20.8 Å². The van der Waals surface area contributed by atoms with Gasteiger partial charge in [0.05, 0.1) is 0 Å². The van der Waals surface area contributed by atoms with Crippen LogP contribution in [-0.2, 0) is 11.2 Å². The summed E-state index contributed by atoms with van der Waals surface area (Å²) in [5, 5.41) is 3.43. The molecule has 0 unspecified atom stereocenters. The minimum absolute atomic E-state index is 0.0496. The number of nitrogens with one attached hydrogen (secondary N) is 3. The number of para-hydroxylation sites is 1. The molecule has 0 radical (unpaired) electrons. The van der Waals surface area contributed by atoms with E-state index in [0.717, 1.165) is 34.4 Å². The van der Waals surface area contributed by atoms with Gasteiger partial charge in [0.15, 0.2) is 10.9 Å². The fourth-order valence-electron chi connectivity index (χ4n) is 2.82. The molecule has 0 saturated heterocycles. The SMILES string of the molecule is CCc1cccc(C)c1NC(=S)NNC(=O)CCC(=O)c1ccc(C)c(C)c1. The van der Waals surface area contributed by atoms with Crippen molar-refractivity contribution in [2.24, 2.45) is 0 Å². The lowest BCUT2D eigenvalue weighted by molar-refractivity contribution is -0.121. The first-order valence-corrected chi connectivity index (χ1v) is 9.77. The second-order valence-corrected chi connectivity index (χ2v) is 7.22. The van der Waals surface area contributed by atoms with Crippen LogP contribution in [0.1, 0.15) is 52.4 Å². The number of hydrogen-bond acceptors (Lipinski definition) is 3. The smallest absolute Gasteiger partial charge is 0.238 e. The Morgan fingerprint density at radius 1 is 0.929 bits per heavy atom. The van der Waals surface area contributed by atoms with Crippen molar-refractivity contribution in [2.45, 2.75) is 47.0 Å². The lowest BCUT2D eigenvalue weighted by Crippen LogP contribution is -2.44. The molecule has 1 amide bonds. The molecule has 2 rings (SSSR count). The molecule has 0 aliphatic rings. The number of thiocarbonyl (C=S) groups is 1. The van der Waals surface area contributed by atoms with Gasteiger partial charge in [-0.2, -0.15) is 0 Å². The van der Waals surface area contributed by atoms with E-state index < -0.39 is 0 Å². The molecule has 0 bridgehead atoms. The standard InChI is InChI=1S/C22H27N3O2S/c1-5-17-8-6-7-15(3)21(17)23-22(28)25-24-20(27)12-11-19(26)18-10-9-14(2)16(4)13-18/h6-10,13H,5,11-12H2,1-4H3,(H,24,27)(H2,23,25,28). The highest BCUT2D eigenvalue weighted by atomic mass is 32.1. The summed E-state index contributed by atoms with van der Waals surface area (Å²) in [6.07, 6.45) is 1.11. The third-order valence-corrected chi connectivity index (χ3v) is 4.91. The van der Waals surface area contributed by atoms with E-state index in [1.54, 1.807) is 6.07 Å².